The first-order chi connectivity index (χ1) is 9.10. The number of aryl methyl sites for hydroxylation is 2. The van der Waals surface area contributed by atoms with E-state index in [0.717, 1.165) is 0 Å². The molecule has 0 saturated carbocycles. The molecule has 2 rings (SSSR count). The van der Waals surface area contributed by atoms with Crippen LogP contribution in [0.2, 0.25) is 0 Å². The van der Waals surface area contributed by atoms with Crippen molar-refractivity contribution >= 4 is 36.2 Å². The zero-order chi connectivity index (χ0) is 14.0. The van der Waals surface area contributed by atoms with Crippen molar-refractivity contribution in [3.8, 4) is 0 Å². The Hall–Kier alpha value is -2.02. The summed E-state index contributed by atoms with van der Waals surface area (Å²) in [5, 5.41) is 2.64. The fourth-order valence-corrected chi connectivity index (χ4v) is 2.63. The third kappa shape index (κ3) is 2.29. The topological polar surface area (TPSA) is 0 Å². The lowest BCUT2D eigenvalue weighted by Crippen LogP contribution is -2.03. The van der Waals surface area contributed by atoms with Crippen LogP contribution in [0.1, 0.15) is 22.3 Å². The van der Waals surface area contributed by atoms with Gasteiger partial charge in [0.2, 0.25) is 0 Å². The molecule has 0 aliphatic heterocycles. The van der Waals surface area contributed by atoms with Crippen molar-refractivity contribution in [1.29, 1.82) is 0 Å². The molecule has 0 unspecified atom stereocenters. The summed E-state index contributed by atoms with van der Waals surface area (Å²) in [6.45, 7) is 12.1. The third-order valence-electron chi connectivity index (χ3n) is 3.68. The fraction of sp³-hybridized carbons (Fsp3) is 0.111. The molecule has 0 bridgehead atoms. The van der Waals surface area contributed by atoms with Gasteiger partial charge in [0.1, 0.15) is 7.85 Å². The maximum Gasteiger partial charge on any atom is 0.139 e. The number of benzene rings is 2. The van der Waals surface area contributed by atoms with Gasteiger partial charge >= 0.3 is 0 Å². The Labute approximate surface area is 116 Å². The molecule has 0 N–H and O–H groups in total. The molecular formula is C18H19B. The molecule has 0 atom stereocenters. The first-order valence-corrected chi connectivity index (χ1v) is 6.55. The summed E-state index contributed by atoms with van der Waals surface area (Å²) in [6.07, 6.45) is 7.86. The molecule has 0 spiro atoms. The SMILES string of the molecule is Bc1ccc2c(C)c(C=C)c(/C=C\C=C)c(C)c2c1. The average molecular weight is 246 g/mol. The van der Waals surface area contributed by atoms with Crippen LogP contribution in [0.25, 0.3) is 22.9 Å². The summed E-state index contributed by atoms with van der Waals surface area (Å²) in [5.41, 5.74) is 6.34. The molecule has 0 aliphatic rings. The molecule has 2 aromatic carbocycles. The highest BCUT2D eigenvalue weighted by Crippen LogP contribution is 2.31. The van der Waals surface area contributed by atoms with Crippen molar-refractivity contribution in [2.24, 2.45) is 0 Å². The predicted molar refractivity (Wildman–Crippen MR) is 90.9 cm³/mol. The van der Waals surface area contributed by atoms with Gasteiger partial charge in [-0.05, 0) is 46.9 Å². The molecule has 94 valence electrons. The van der Waals surface area contributed by atoms with Crippen LogP contribution in [0.4, 0.5) is 0 Å². The Balaban J connectivity index is 2.93. The Bertz CT molecular complexity index is 691. The van der Waals surface area contributed by atoms with Gasteiger partial charge in [0.25, 0.3) is 0 Å². The largest absolute Gasteiger partial charge is 0.139 e. The summed E-state index contributed by atoms with van der Waals surface area (Å²) < 4.78 is 0. The molecule has 0 fully saturated rings. The number of allylic oxidation sites excluding steroid dienone is 2. The zero-order valence-electron chi connectivity index (χ0n) is 12.0. The third-order valence-corrected chi connectivity index (χ3v) is 3.68. The summed E-state index contributed by atoms with van der Waals surface area (Å²) in [5.74, 6) is 0. The van der Waals surface area contributed by atoms with E-state index in [9.17, 15) is 0 Å². The Kier molecular flexibility index (Phi) is 3.75. The molecule has 0 nitrogen and oxygen atoms in total. The summed E-state index contributed by atoms with van der Waals surface area (Å²) in [7, 11) is 2.13. The van der Waals surface area contributed by atoms with Crippen LogP contribution < -0.4 is 5.46 Å². The lowest BCUT2D eigenvalue weighted by Gasteiger charge is -2.15. The van der Waals surface area contributed by atoms with Gasteiger partial charge in [-0.1, -0.05) is 61.1 Å². The monoisotopic (exact) mass is 246 g/mol. The van der Waals surface area contributed by atoms with Gasteiger partial charge in [0.05, 0.1) is 0 Å². The van der Waals surface area contributed by atoms with E-state index < -0.39 is 0 Å². The maximum atomic E-state index is 3.97. The molecule has 0 heterocycles. The maximum absolute atomic E-state index is 3.97. The van der Waals surface area contributed by atoms with Crippen LogP contribution in [0.3, 0.4) is 0 Å². The van der Waals surface area contributed by atoms with Crippen molar-refractivity contribution in [3.05, 3.63) is 65.8 Å². The minimum atomic E-state index is 1.21. The van der Waals surface area contributed by atoms with E-state index in [-0.39, 0.29) is 0 Å². The minimum Gasteiger partial charge on any atom is -0.0991 e. The van der Waals surface area contributed by atoms with Gasteiger partial charge in [0.15, 0.2) is 0 Å². The predicted octanol–water partition coefficient (Wildman–Crippen LogP) is 3.56. The lowest BCUT2D eigenvalue weighted by molar-refractivity contribution is 1.41. The molecule has 0 radical (unpaired) electrons. The van der Waals surface area contributed by atoms with E-state index in [1.165, 1.54) is 38.5 Å². The quantitative estimate of drug-likeness (QED) is 0.573. The van der Waals surface area contributed by atoms with E-state index in [1.54, 1.807) is 0 Å². The van der Waals surface area contributed by atoms with E-state index in [1.807, 2.05) is 18.2 Å². The average Bonchev–Trinajstić information content (AvgIpc) is 2.41. The highest BCUT2D eigenvalue weighted by Gasteiger charge is 2.10. The number of fused-ring (bicyclic) bond motifs is 1. The van der Waals surface area contributed by atoms with Crippen LogP contribution in [0, 0.1) is 13.8 Å². The molecule has 0 aliphatic carbocycles. The first-order valence-electron chi connectivity index (χ1n) is 6.55. The molecule has 19 heavy (non-hydrogen) atoms. The lowest BCUT2D eigenvalue weighted by atomic mass is 9.86. The molecule has 2 aromatic rings. The van der Waals surface area contributed by atoms with Gasteiger partial charge in [0, 0.05) is 0 Å². The van der Waals surface area contributed by atoms with Gasteiger partial charge in [-0.15, -0.1) is 0 Å². The highest BCUT2D eigenvalue weighted by atomic mass is 14.1. The molecule has 0 amide bonds. The number of hydrogen-bond donors (Lipinski definition) is 0. The Morgan fingerprint density at radius 3 is 2.32 bits per heavy atom. The normalized spacial score (nSPS) is 11.1. The standard InChI is InChI=1S/C18H19B/c1-5-7-8-16-13(4)18-11-14(19)9-10-17(18)12(3)15(16)6-2/h5-11H,1-2,19H2,3-4H3/b8-7-. The van der Waals surface area contributed by atoms with E-state index >= 15 is 0 Å². The highest BCUT2D eigenvalue weighted by molar-refractivity contribution is 6.33. The van der Waals surface area contributed by atoms with Crippen LogP contribution in [0.15, 0.2) is 43.5 Å². The van der Waals surface area contributed by atoms with Crippen LogP contribution in [0.5, 0.6) is 0 Å². The minimum absolute atomic E-state index is 1.21. The second-order valence-corrected chi connectivity index (χ2v) is 4.93. The van der Waals surface area contributed by atoms with E-state index in [4.69, 9.17) is 0 Å². The van der Waals surface area contributed by atoms with E-state index in [0.29, 0.717) is 0 Å². The molecular weight excluding hydrogens is 227 g/mol. The number of rotatable bonds is 3. The van der Waals surface area contributed by atoms with Crippen LogP contribution >= 0.6 is 0 Å². The Morgan fingerprint density at radius 1 is 1.00 bits per heavy atom. The van der Waals surface area contributed by atoms with Gasteiger partial charge < -0.3 is 0 Å². The van der Waals surface area contributed by atoms with Crippen molar-refractivity contribution < 1.29 is 0 Å². The van der Waals surface area contributed by atoms with Crippen molar-refractivity contribution in [2.45, 2.75) is 13.8 Å². The van der Waals surface area contributed by atoms with Crippen LogP contribution in [-0.4, -0.2) is 7.85 Å². The van der Waals surface area contributed by atoms with Crippen molar-refractivity contribution in [2.75, 3.05) is 0 Å². The van der Waals surface area contributed by atoms with Crippen molar-refractivity contribution in [1.82, 2.24) is 0 Å². The summed E-state index contributed by atoms with van der Waals surface area (Å²) in [4.78, 5) is 0. The molecule has 1 heteroatoms. The molecule has 0 aromatic heterocycles. The smallest absolute Gasteiger partial charge is 0.0991 e. The van der Waals surface area contributed by atoms with Crippen LogP contribution in [-0.2, 0) is 0 Å². The second kappa shape index (κ2) is 5.32. The fourth-order valence-electron chi connectivity index (χ4n) is 2.63. The summed E-state index contributed by atoms with van der Waals surface area (Å²) >= 11 is 0. The van der Waals surface area contributed by atoms with Gasteiger partial charge in [-0.3, -0.25) is 0 Å². The first kappa shape index (κ1) is 13.4. The summed E-state index contributed by atoms with van der Waals surface area (Å²) in [6, 6.07) is 6.64. The van der Waals surface area contributed by atoms with Gasteiger partial charge in [-0.2, -0.15) is 0 Å². The molecule has 0 saturated heterocycles. The second-order valence-electron chi connectivity index (χ2n) is 4.93. The van der Waals surface area contributed by atoms with Gasteiger partial charge in [-0.25, -0.2) is 0 Å². The van der Waals surface area contributed by atoms with Crippen molar-refractivity contribution in [3.63, 3.8) is 0 Å². The zero-order valence-corrected chi connectivity index (χ0v) is 12.0. The van der Waals surface area contributed by atoms with E-state index in [2.05, 4.69) is 59.1 Å². The number of hydrogen-bond acceptors (Lipinski definition) is 0. The Morgan fingerprint density at radius 2 is 1.68 bits per heavy atom.